The standard InChI is InChI=1S/C15H12N4O3/c1-3-9-8-12(18-19-15(9)22-2)14(21)17-11-6-4-10(5-7-11)13(16)20/h1,4-8H,2H3,(H2,16,20)(H,17,21). The quantitative estimate of drug-likeness (QED) is 0.812. The largest absolute Gasteiger partial charge is 0.479 e. The molecule has 0 radical (unpaired) electrons. The first-order valence-corrected chi connectivity index (χ1v) is 6.14. The lowest BCUT2D eigenvalue weighted by Gasteiger charge is -2.06. The average Bonchev–Trinajstić information content (AvgIpc) is 2.54. The Labute approximate surface area is 126 Å². The number of aromatic nitrogens is 2. The van der Waals surface area contributed by atoms with E-state index in [1.165, 1.54) is 25.3 Å². The van der Waals surface area contributed by atoms with E-state index in [9.17, 15) is 9.59 Å². The first-order chi connectivity index (χ1) is 10.5. The van der Waals surface area contributed by atoms with Gasteiger partial charge in [0.15, 0.2) is 5.69 Å². The molecular formula is C15H12N4O3. The van der Waals surface area contributed by atoms with Gasteiger partial charge in [-0.25, -0.2) is 0 Å². The monoisotopic (exact) mass is 296 g/mol. The van der Waals surface area contributed by atoms with Gasteiger partial charge in [-0.1, -0.05) is 5.92 Å². The van der Waals surface area contributed by atoms with Gasteiger partial charge in [-0.3, -0.25) is 9.59 Å². The van der Waals surface area contributed by atoms with E-state index in [0.29, 0.717) is 16.8 Å². The number of ether oxygens (including phenoxy) is 1. The summed E-state index contributed by atoms with van der Waals surface area (Å²) in [6.07, 6.45) is 5.32. The Morgan fingerprint density at radius 1 is 1.27 bits per heavy atom. The number of carbonyl (C=O) groups is 2. The maximum atomic E-state index is 12.1. The zero-order valence-corrected chi connectivity index (χ0v) is 11.7. The van der Waals surface area contributed by atoms with Crippen LogP contribution in [0.2, 0.25) is 0 Å². The highest BCUT2D eigenvalue weighted by Gasteiger charge is 2.13. The number of primary amides is 1. The van der Waals surface area contributed by atoms with Crippen molar-refractivity contribution in [1.82, 2.24) is 10.2 Å². The molecule has 0 atom stereocenters. The fraction of sp³-hybridized carbons (Fsp3) is 0.0667. The molecule has 7 heteroatoms. The second kappa shape index (κ2) is 6.37. The van der Waals surface area contributed by atoms with Crippen LogP contribution < -0.4 is 15.8 Å². The Balaban J connectivity index is 2.18. The molecule has 2 rings (SSSR count). The van der Waals surface area contributed by atoms with Crippen molar-refractivity contribution in [1.29, 1.82) is 0 Å². The average molecular weight is 296 g/mol. The predicted molar refractivity (Wildman–Crippen MR) is 79.4 cm³/mol. The van der Waals surface area contributed by atoms with Crippen LogP contribution in [0.5, 0.6) is 5.88 Å². The molecular weight excluding hydrogens is 284 g/mol. The van der Waals surface area contributed by atoms with Crippen molar-refractivity contribution in [3.63, 3.8) is 0 Å². The van der Waals surface area contributed by atoms with Gasteiger partial charge in [0.1, 0.15) is 0 Å². The van der Waals surface area contributed by atoms with E-state index in [1.54, 1.807) is 12.1 Å². The Hall–Kier alpha value is -3.40. The summed E-state index contributed by atoms with van der Waals surface area (Å²) in [5, 5.41) is 10.1. The number of benzene rings is 1. The molecule has 0 saturated heterocycles. The zero-order chi connectivity index (χ0) is 16.1. The second-order valence-corrected chi connectivity index (χ2v) is 4.19. The third-order valence-corrected chi connectivity index (χ3v) is 2.77. The van der Waals surface area contributed by atoms with Crippen molar-refractivity contribution >= 4 is 17.5 Å². The zero-order valence-electron chi connectivity index (χ0n) is 11.7. The van der Waals surface area contributed by atoms with Crippen molar-refractivity contribution in [2.45, 2.75) is 0 Å². The van der Waals surface area contributed by atoms with E-state index in [4.69, 9.17) is 16.9 Å². The van der Waals surface area contributed by atoms with Crippen LogP contribution in [0.15, 0.2) is 30.3 Å². The molecule has 0 spiro atoms. The Kier molecular flexibility index (Phi) is 4.34. The first-order valence-electron chi connectivity index (χ1n) is 6.14. The second-order valence-electron chi connectivity index (χ2n) is 4.19. The first kappa shape index (κ1) is 15.0. The molecule has 2 amide bonds. The van der Waals surface area contributed by atoms with Crippen LogP contribution in [0, 0.1) is 12.3 Å². The van der Waals surface area contributed by atoms with Crippen LogP contribution in [0.25, 0.3) is 0 Å². The summed E-state index contributed by atoms with van der Waals surface area (Å²) in [5.74, 6) is 1.51. The number of nitrogens with one attached hydrogen (secondary N) is 1. The molecule has 7 nitrogen and oxygen atoms in total. The van der Waals surface area contributed by atoms with Crippen LogP contribution >= 0.6 is 0 Å². The molecule has 1 heterocycles. The minimum Gasteiger partial charge on any atom is -0.479 e. The van der Waals surface area contributed by atoms with Crippen molar-refractivity contribution in [2.75, 3.05) is 12.4 Å². The molecule has 0 aliphatic carbocycles. The fourth-order valence-corrected chi connectivity index (χ4v) is 1.66. The molecule has 0 aliphatic heterocycles. The van der Waals surface area contributed by atoms with Gasteiger partial charge in [-0.15, -0.1) is 16.6 Å². The van der Waals surface area contributed by atoms with Gasteiger partial charge in [0.25, 0.3) is 5.91 Å². The predicted octanol–water partition coefficient (Wildman–Crippen LogP) is 0.818. The van der Waals surface area contributed by atoms with Crippen LogP contribution in [0.3, 0.4) is 0 Å². The molecule has 0 aliphatic rings. The number of anilines is 1. The summed E-state index contributed by atoms with van der Waals surface area (Å²) in [6, 6.07) is 7.52. The molecule has 1 aromatic heterocycles. The number of hydrogen-bond donors (Lipinski definition) is 2. The maximum absolute atomic E-state index is 12.1. The highest BCUT2D eigenvalue weighted by molar-refractivity contribution is 6.03. The summed E-state index contributed by atoms with van der Waals surface area (Å²) >= 11 is 0. The van der Waals surface area contributed by atoms with Crippen molar-refractivity contribution in [3.05, 3.63) is 47.2 Å². The number of nitrogens with two attached hydrogens (primary N) is 1. The van der Waals surface area contributed by atoms with E-state index in [1.807, 2.05) is 0 Å². The number of terminal acetylenes is 1. The molecule has 0 fully saturated rings. The summed E-state index contributed by atoms with van der Waals surface area (Å²) < 4.78 is 4.93. The molecule has 1 aromatic carbocycles. The van der Waals surface area contributed by atoms with E-state index in [0.717, 1.165) is 0 Å². The highest BCUT2D eigenvalue weighted by atomic mass is 16.5. The summed E-state index contributed by atoms with van der Waals surface area (Å²) in [7, 11) is 1.41. The fourth-order valence-electron chi connectivity index (χ4n) is 1.66. The van der Waals surface area contributed by atoms with Gasteiger partial charge in [0.05, 0.1) is 12.7 Å². The summed E-state index contributed by atoms with van der Waals surface area (Å²) in [4.78, 5) is 23.1. The minimum absolute atomic E-state index is 0.0488. The number of amides is 2. The van der Waals surface area contributed by atoms with Crippen LogP contribution in [0.4, 0.5) is 5.69 Å². The molecule has 0 saturated carbocycles. The maximum Gasteiger partial charge on any atom is 0.276 e. The molecule has 0 unspecified atom stereocenters. The van der Waals surface area contributed by atoms with E-state index in [2.05, 4.69) is 21.4 Å². The van der Waals surface area contributed by atoms with E-state index < -0.39 is 11.8 Å². The molecule has 22 heavy (non-hydrogen) atoms. The Morgan fingerprint density at radius 3 is 2.50 bits per heavy atom. The van der Waals surface area contributed by atoms with Crippen molar-refractivity contribution in [3.8, 4) is 18.2 Å². The van der Waals surface area contributed by atoms with E-state index in [-0.39, 0.29) is 11.6 Å². The minimum atomic E-state index is -0.544. The van der Waals surface area contributed by atoms with Gasteiger partial charge in [-0.05, 0) is 30.3 Å². The molecule has 3 N–H and O–H groups in total. The van der Waals surface area contributed by atoms with Crippen LogP contribution in [-0.2, 0) is 0 Å². The highest BCUT2D eigenvalue weighted by Crippen LogP contribution is 2.15. The van der Waals surface area contributed by atoms with Crippen molar-refractivity contribution in [2.24, 2.45) is 5.73 Å². The number of rotatable bonds is 4. The summed E-state index contributed by atoms with van der Waals surface area (Å²) in [5.41, 5.74) is 6.34. The lowest BCUT2D eigenvalue weighted by atomic mass is 10.2. The number of methoxy groups -OCH3 is 1. The van der Waals surface area contributed by atoms with Crippen LogP contribution in [0.1, 0.15) is 26.4 Å². The normalized spacial score (nSPS) is 9.64. The lowest BCUT2D eigenvalue weighted by molar-refractivity contribution is 0.0997. The van der Waals surface area contributed by atoms with Crippen LogP contribution in [-0.4, -0.2) is 29.1 Å². The van der Waals surface area contributed by atoms with Gasteiger partial charge in [-0.2, -0.15) is 0 Å². The smallest absolute Gasteiger partial charge is 0.276 e. The third kappa shape index (κ3) is 3.19. The Morgan fingerprint density at radius 2 is 1.95 bits per heavy atom. The Bertz CT molecular complexity index is 763. The number of nitrogens with zero attached hydrogens (tertiary/aromatic N) is 2. The third-order valence-electron chi connectivity index (χ3n) is 2.77. The van der Waals surface area contributed by atoms with Gasteiger partial charge < -0.3 is 15.8 Å². The van der Waals surface area contributed by atoms with Gasteiger partial charge in [0.2, 0.25) is 11.8 Å². The molecule has 2 aromatic rings. The van der Waals surface area contributed by atoms with Crippen molar-refractivity contribution < 1.29 is 14.3 Å². The lowest BCUT2D eigenvalue weighted by Crippen LogP contribution is -2.15. The SMILES string of the molecule is C#Cc1cc(C(=O)Nc2ccc(C(N)=O)cc2)nnc1OC. The van der Waals surface area contributed by atoms with E-state index >= 15 is 0 Å². The summed E-state index contributed by atoms with van der Waals surface area (Å²) in [6.45, 7) is 0. The molecule has 110 valence electrons. The number of hydrogen-bond acceptors (Lipinski definition) is 5. The van der Waals surface area contributed by atoms with Gasteiger partial charge >= 0.3 is 0 Å². The topological polar surface area (TPSA) is 107 Å². The number of carbonyl (C=O) groups excluding carboxylic acids is 2. The van der Waals surface area contributed by atoms with Gasteiger partial charge in [0, 0.05) is 11.3 Å². The molecule has 0 bridgehead atoms.